The number of ketones is 1. The number of hydrogen-bond donors (Lipinski definition) is 4. The highest BCUT2D eigenvalue weighted by molar-refractivity contribution is 7.99. The third-order valence-corrected chi connectivity index (χ3v) is 6.69. The minimum Gasteiger partial charge on any atom is -0.508 e. The third kappa shape index (κ3) is 3.42. The van der Waals surface area contributed by atoms with E-state index >= 15 is 0 Å². The molecule has 4 rings (SSSR count). The van der Waals surface area contributed by atoms with Crippen LogP contribution in [0.5, 0.6) is 5.75 Å². The molecule has 0 saturated carbocycles. The van der Waals surface area contributed by atoms with Gasteiger partial charge in [-0.05, 0) is 35.3 Å². The number of Topliss-reactive ketones (excluding diaryl/α,β-unsaturated/α-hetero) is 1. The van der Waals surface area contributed by atoms with Crippen LogP contribution in [-0.4, -0.2) is 34.2 Å². The first-order valence-electron chi connectivity index (χ1n) is 9.79. The standard InChI is InChI=1S/C21H27N3O3S/c1-4-28-20-23-18-17(19(27)24-20)15(11-5-7-12(25)8-6-11)16-13(22-18)9-21(2,3)10-14(16)26/h5-8,15,17-18,20,22-23,25H,4,9-10H2,1-3H3,(H,24,27). The number of hydrogen-bond acceptors (Lipinski definition) is 6. The zero-order valence-corrected chi connectivity index (χ0v) is 17.2. The van der Waals surface area contributed by atoms with Gasteiger partial charge in [-0.15, -0.1) is 11.8 Å². The molecule has 7 heteroatoms. The van der Waals surface area contributed by atoms with E-state index < -0.39 is 5.92 Å². The quantitative estimate of drug-likeness (QED) is 0.622. The van der Waals surface area contributed by atoms with Gasteiger partial charge in [0, 0.05) is 23.6 Å². The van der Waals surface area contributed by atoms with E-state index in [0.717, 1.165) is 29.0 Å². The Kier molecular flexibility index (Phi) is 4.91. The summed E-state index contributed by atoms with van der Waals surface area (Å²) in [6.45, 7) is 6.27. The van der Waals surface area contributed by atoms with Gasteiger partial charge in [0.25, 0.3) is 0 Å². The number of allylic oxidation sites excluding steroid dienone is 2. The fraction of sp³-hybridized carbons (Fsp3) is 0.524. The number of phenols is 1. The molecule has 28 heavy (non-hydrogen) atoms. The van der Waals surface area contributed by atoms with Crippen LogP contribution in [0.2, 0.25) is 0 Å². The molecular formula is C21H27N3O3S. The van der Waals surface area contributed by atoms with Gasteiger partial charge < -0.3 is 15.7 Å². The Hall–Kier alpha value is -1.99. The smallest absolute Gasteiger partial charge is 0.229 e. The van der Waals surface area contributed by atoms with E-state index in [4.69, 9.17) is 0 Å². The second-order valence-electron chi connectivity index (χ2n) is 8.56. The van der Waals surface area contributed by atoms with Crippen LogP contribution in [0, 0.1) is 11.3 Å². The van der Waals surface area contributed by atoms with E-state index in [0.29, 0.717) is 6.42 Å². The van der Waals surface area contributed by atoms with E-state index in [2.05, 4.69) is 36.7 Å². The van der Waals surface area contributed by atoms with Crippen molar-refractivity contribution in [2.45, 2.75) is 51.2 Å². The molecule has 150 valence electrons. The number of benzene rings is 1. The fourth-order valence-corrected chi connectivity index (χ4v) is 5.44. The van der Waals surface area contributed by atoms with Crippen molar-refractivity contribution in [3.05, 3.63) is 41.1 Å². The Bertz CT molecular complexity index is 834. The first-order valence-corrected chi connectivity index (χ1v) is 10.8. The minimum atomic E-state index is -0.429. The average molecular weight is 402 g/mol. The summed E-state index contributed by atoms with van der Waals surface area (Å²) in [6, 6.07) is 6.88. The van der Waals surface area contributed by atoms with Crippen molar-refractivity contribution in [2.75, 3.05) is 5.75 Å². The van der Waals surface area contributed by atoms with Gasteiger partial charge in [-0.2, -0.15) is 0 Å². The number of aromatic hydroxyl groups is 1. The van der Waals surface area contributed by atoms with E-state index in [1.165, 1.54) is 0 Å². The lowest BCUT2D eigenvalue weighted by atomic mass is 9.66. The molecule has 4 N–H and O–H groups in total. The van der Waals surface area contributed by atoms with Crippen LogP contribution < -0.4 is 16.0 Å². The monoisotopic (exact) mass is 401 g/mol. The van der Waals surface area contributed by atoms with Crippen molar-refractivity contribution in [1.29, 1.82) is 0 Å². The summed E-state index contributed by atoms with van der Waals surface area (Å²) in [7, 11) is 0. The van der Waals surface area contributed by atoms with Gasteiger partial charge in [0.05, 0.1) is 12.1 Å². The van der Waals surface area contributed by atoms with Crippen molar-refractivity contribution < 1.29 is 14.7 Å². The molecule has 2 heterocycles. The Balaban J connectivity index is 1.80. The molecule has 1 aromatic carbocycles. The molecule has 6 nitrogen and oxygen atoms in total. The van der Waals surface area contributed by atoms with E-state index in [9.17, 15) is 14.7 Å². The van der Waals surface area contributed by atoms with Crippen LogP contribution in [0.3, 0.4) is 0 Å². The van der Waals surface area contributed by atoms with Crippen LogP contribution in [0.4, 0.5) is 0 Å². The van der Waals surface area contributed by atoms with Crippen LogP contribution in [0.1, 0.15) is 45.1 Å². The van der Waals surface area contributed by atoms with Crippen molar-refractivity contribution in [2.24, 2.45) is 11.3 Å². The van der Waals surface area contributed by atoms with Crippen molar-refractivity contribution in [1.82, 2.24) is 16.0 Å². The van der Waals surface area contributed by atoms with Gasteiger partial charge >= 0.3 is 0 Å². The van der Waals surface area contributed by atoms with Crippen LogP contribution in [0.25, 0.3) is 0 Å². The first kappa shape index (κ1) is 19.3. The highest BCUT2D eigenvalue weighted by Gasteiger charge is 2.50. The van der Waals surface area contributed by atoms with Crippen LogP contribution in [0.15, 0.2) is 35.5 Å². The molecule has 1 saturated heterocycles. The number of carbonyl (C=O) groups is 2. The van der Waals surface area contributed by atoms with Crippen LogP contribution in [-0.2, 0) is 9.59 Å². The number of nitrogens with one attached hydrogen (secondary N) is 3. The Morgan fingerprint density at radius 1 is 1.14 bits per heavy atom. The Labute approximate surface area is 169 Å². The van der Waals surface area contributed by atoms with Crippen molar-refractivity contribution >= 4 is 23.5 Å². The molecule has 0 spiro atoms. The lowest BCUT2D eigenvalue weighted by Gasteiger charge is -2.48. The SMILES string of the molecule is CCSC1NC(=O)C2C(NC3=C(C(=O)CC(C)(C)C3)C2c2ccc(O)cc2)N1. The predicted molar refractivity (Wildman–Crippen MR) is 110 cm³/mol. The van der Waals surface area contributed by atoms with Crippen LogP contribution >= 0.6 is 11.8 Å². The lowest BCUT2D eigenvalue weighted by molar-refractivity contribution is -0.130. The maximum Gasteiger partial charge on any atom is 0.229 e. The largest absolute Gasteiger partial charge is 0.508 e. The molecule has 0 bridgehead atoms. The molecule has 2 aliphatic heterocycles. The highest BCUT2D eigenvalue weighted by Crippen LogP contribution is 2.47. The number of fused-ring (bicyclic) bond motifs is 1. The summed E-state index contributed by atoms with van der Waals surface area (Å²) in [5.41, 5.74) is 2.30. The maximum atomic E-state index is 13.1. The Morgan fingerprint density at radius 3 is 2.54 bits per heavy atom. The molecule has 0 radical (unpaired) electrons. The topological polar surface area (TPSA) is 90.5 Å². The first-order chi connectivity index (χ1) is 13.3. The molecule has 1 aromatic rings. The van der Waals surface area contributed by atoms with E-state index in [1.54, 1.807) is 23.9 Å². The number of phenolic OH excluding ortho intramolecular Hbond substituents is 1. The summed E-state index contributed by atoms with van der Waals surface area (Å²) in [5.74, 6) is 0.353. The van der Waals surface area contributed by atoms with Gasteiger partial charge in [0.15, 0.2) is 5.78 Å². The molecular weight excluding hydrogens is 374 g/mol. The lowest BCUT2D eigenvalue weighted by Crippen LogP contribution is -2.68. The highest BCUT2D eigenvalue weighted by atomic mass is 32.2. The summed E-state index contributed by atoms with van der Waals surface area (Å²) in [5, 5.41) is 19.7. The normalized spacial score (nSPS) is 31.5. The zero-order chi connectivity index (χ0) is 20.1. The second kappa shape index (κ2) is 7.12. The summed E-state index contributed by atoms with van der Waals surface area (Å²) in [6.07, 6.45) is 1.01. The van der Waals surface area contributed by atoms with Gasteiger partial charge in [0.2, 0.25) is 5.91 Å². The maximum absolute atomic E-state index is 13.1. The molecule has 1 fully saturated rings. The second-order valence-corrected chi connectivity index (χ2v) is 9.94. The summed E-state index contributed by atoms with van der Waals surface area (Å²) >= 11 is 1.64. The van der Waals surface area contributed by atoms with Gasteiger partial charge in [-0.25, -0.2) is 0 Å². The Morgan fingerprint density at radius 2 is 1.86 bits per heavy atom. The van der Waals surface area contributed by atoms with Gasteiger partial charge in [-0.1, -0.05) is 32.9 Å². The molecule has 1 aliphatic carbocycles. The molecule has 4 unspecified atom stereocenters. The van der Waals surface area contributed by atoms with E-state index in [-0.39, 0.29) is 40.4 Å². The summed E-state index contributed by atoms with van der Waals surface area (Å²) < 4.78 is 0. The number of amides is 1. The summed E-state index contributed by atoms with van der Waals surface area (Å²) in [4.78, 5) is 26.2. The number of carbonyl (C=O) groups excluding carboxylic acids is 2. The average Bonchev–Trinajstić information content (AvgIpc) is 2.60. The van der Waals surface area contributed by atoms with E-state index in [1.807, 2.05) is 12.1 Å². The predicted octanol–water partition coefficient (Wildman–Crippen LogP) is 2.42. The zero-order valence-electron chi connectivity index (χ0n) is 16.4. The van der Waals surface area contributed by atoms with Crippen molar-refractivity contribution in [3.63, 3.8) is 0 Å². The van der Waals surface area contributed by atoms with Crippen molar-refractivity contribution in [3.8, 4) is 5.75 Å². The molecule has 1 amide bonds. The minimum absolute atomic E-state index is 0.0514. The van der Waals surface area contributed by atoms with Gasteiger partial charge in [-0.3, -0.25) is 14.9 Å². The number of thioether (sulfide) groups is 1. The third-order valence-electron chi connectivity index (χ3n) is 5.77. The molecule has 0 aromatic heterocycles. The number of rotatable bonds is 3. The fourth-order valence-electron chi connectivity index (χ4n) is 4.66. The molecule has 3 aliphatic rings. The molecule has 4 atom stereocenters. The van der Waals surface area contributed by atoms with Gasteiger partial charge in [0.1, 0.15) is 11.2 Å².